The first-order chi connectivity index (χ1) is 5.72. The Labute approximate surface area is 74.5 Å². The van der Waals surface area contributed by atoms with Crippen molar-refractivity contribution < 1.29 is 4.74 Å². The summed E-state index contributed by atoms with van der Waals surface area (Å²) >= 11 is 0. The molecule has 12 heavy (non-hydrogen) atoms. The maximum absolute atomic E-state index is 5.83. The topological polar surface area (TPSA) is 35.2 Å². The molecule has 1 saturated carbocycles. The standard InChI is InChI=1S/C10H17NO/c1-3-5-9(11)8-10(12-2)6-4-7-10/h1,9H,4-8,11H2,2H3. The lowest BCUT2D eigenvalue weighted by Gasteiger charge is -2.42. The predicted octanol–water partition coefficient (Wildman–Crippen LogP) is 1.30. The summed E-state index contributed by atoms with van der Waals surface area (Å²) in [5.41, 5.74) is 5.90. The Kier molecular flexibility index (Phi) is 3.13. The fourth-order valence-electron chi connectivity index (χ4n) is 1.76. The molecule has 1 unspecified atom stereocenters. The molecule has 68 valence electrons. The SMILES string of the molecule is C#CCC(N)CC1(OC)CCC1. The van der Waals surface area contributed by atoms with Gasteiger partial charge < -0.3 is 10.5 Å². The van der Waals surface area contributed by atoms with Crippen LogP contribution < -0.4 is 5.73 Å². The van der Waals surface area contributed by atoms with E-state index in [4.69, 9.17) is 16.9 Å². The zero-order valence-electron chi connectivity index (χ0n) is 7.68. The average Bonchev–Trinajstić information content (AvgIpc) is 1.97. The van der Waals surface area contributed by atoms with Crippen LogP contribution in [0.2, 0.25) is 0 Å². The second kappa shape index (κ2) is 3.93. The number of ether oxygens (including phenoxy) is 1. The maximum Gasteiger partial charge on any atom is 0.0693 e. The molecule has 2 nitrogen and oxygen atoms in total. The Morgan fingerprint density at radius 3 is 2.67 bits per heavy atom. The monoisotopic (exact) mass is 167 g/mol. The second-order valence-corrected chi connectivity index (χ2v) is 3.61. The smallest absolute Gasteiger partial charge is 0.0693 e. The normalized spacial score (nSPS) is 22.4. The van der Waals surface area contributed by atoms with E-state index in [0.29, 0.717) is 6.42 Å². The Bertz CT molecular complexity index is 173. The molecule has 1 aliphatic carbocycles. The van der Waals surface area contributed by atoms with E-state index in [1.54, 1.807) is 7.11 Å². The molecule has 1 aliphatic rings. The average molecular weight is 167 g/mol. The van der Waals surface area contributed by atoms with Crippen LogP contribution in [0.25, 0.3) is 0 Å². The minimum absolute atomic E-state index is 0.0657. The van der Waals surface area contributed by atoms with E-state index in [9.17, 15) is 0 Å². The van der Waals surface area contributed by atoms with Gasteiger partial charge in [-0.1, -0.05) is 0 Å². The molecule has 1 atom stereocenters. The minimum atomic E-state index is 0.0657. The van der Waals surface area contributed by atoms with Crippen molar-refractivity contribution in [3.63, 3.8) is 0 Å². The number of nitrogens with two attached hydrogens (primary N) is 1. The predicted molar refractivity (Wildman–Crippen MR) is 49.6 cm³/mol. The van der Waals surface area contributed by atoms with Crippen LogP contribution in [0, 0.1) is 12.3 Å². The van der Waals surface area contributed by atoms with Gasteiger partial charge in [0.2, 0.25) is 0 Å². The lowest BCUT2D eigenvalue weighted by atomic mass is 9.75. The molecule has 0 aliphatic heterocycles. The molecule has 0 amide bonds. The third-order valence-electron chi connectivity index (χ3n) is 2.71. The Morgan fingerprint density at radius 2 is 2.33 bits per heavy atom. The summed E-state index contributed by atoms with van der Waals surface area (Å²) in [5, 5.41) is 0. The Balaban J connectivity index is 2.33. The van der Waals surface area contributed by atoms with Crippen molar-refractivity contribution in [1.82, 2.24) is 0 Å². The maximum atomic E-state index is 5.83. The van der Waals surface area contributed by atoms with E-state index >= 15 is 0 Å². The number of rotatable bonds is 4. The van der Waals surface area contributed by atoms with Gasteiger partial charge in [-0.2, -0.15) is 0 Å². The number of terminal acetylenes is 1. The Hall–Kier alpha value is -0.520. The van der Waals surface area contributed by atoms with Gasteiger partial charge in [0.15, 0.2) is 0 Å². The molecule has 0 aromatic carbocycles. The van der Waals surface area contributed by atoms with Crippen LogP contribution in [-0.2, 0) is 4.74 Å². The van der Waals surface area contributed by atoms with Crippen molar-refractivity contribution in [2.75, 3.05) is 7.11 Å². The van der Waals surface area contributed by atoms with Crippen molar-refractivity contribution >= 4 is 0 Å². The number of hydrogen-bond donors (Lipinski definition) is 1. The summed E-state index contributed by atoms with van der Waals surface area (Å²) in [6.07, 6.45) is 10.3. The van der Waals surface area contributed by atoms with Crippen LogP contribution in [-0.4, -0.2) is 18.8 Å². The molecule has 2 N–H and O–H groups in total. The van der Waals surface area contributed by atoms with Crippen LogP contribution in [0.5, 0.6) is 0 Å². The van der Waals surface area contributed by atoms with Crippen molar-refractivity contribution in [2.24, 2.45) is 5.73 Å². The highest BCUT2D eigenvalue weighted by molar-refractivity contribution is 4.96. The van der Waals surface area contributed by atoms with Crippen molar-refractivity contribution in [2.45, 2.75) is 43.7 Å². The first-order valence-electron chi connectivity index (χ1n) is 4.47. The van der Waals surface area contributed by atoms with Gasteiger partial charge in [0, 0.05) is 19.6 Å². The van der Waals surface area contributed by atoms with Crippen LogP contribution in [0.3, 0.4) is 0 Å². The summed E-state index contributed by atoms with van der Waals surface area (Å²) in [6.45, 7) is 0. The van der Waals surface area contributed by atoms with E-state index in [1.807, 2.05) is 0 Å². The van der Waals surface area contributed by atoms with Gasteiger partial charge >= 0.3 is 0 Å². The van der Waals surface area contributed by atoms with Crippen molar-refractivity contribution in [3.8, 4) is 12.3 Å². The minimum Gasteiger partial charge on any atom is -0.378 e. The fourth-order valence-corrected chi connectivity index (χ4v) is 1.76. The van der Waals surface area contributed by atoms with Crippen molar-refractivity contribution in [3.05, 3.63) is 0 Å². The zero-order chi connectivity index (χ0) is 9.03. The van der Waals surface area contributed by atoms with E-state index < -0.39 is 0 Å². The number of hydrogen-bond acceptors (Lipinski definition) is 2. The largest absolute Gasteiger partial charge is 0.378 e. The fraction of sp³-hybridized carbons (Fsp3) is 0.800. The first kappa shape index (κ1) is 9.57. The molecular formula is C10H17NO. The lowest BCUT2D eigenvalue weighted by Crippen LogP contribution is -2.44. The zero-order valence-corrected chi connectivity index (χ0v) is 7.68. The van der Waals surface area contributed by atoms with Gasteiger partial charge in [-0.3, -0.25) is 0 Å². The summed E-state index contributed by atoms with van der Waals surface area (Å²) in [7, 11) is 1.77. The molecule has 2 heteroatoms. The lowest BCUT2D eigenvalue weighted by molar-refractivity contribution is -0.0811. The van der Waals surface area contributed by atoms with Crippen molar-refractivity contribution in [1.29, 1.82) is 0 Å². The number of methoxy groups -OCH3 is 1. The van der Waals surface area contributed by atoms with Crippen LogP contribution in [0.1, 0.15) is 32.1 Å². The van der Waals surface area contributed by atoms with Gasteiger partial charge in [-0.25, -0.2) is 0 Å². The highest BCUT2D eigenvalue weighted by Gasteiger charge is 2.37. The third kappa shape index (κ3) is 2.00. The van der Waals surface area contributed by atoms with Crippen LogP contribution in [0.15, 0.2) is 0 Å². The molecule has 0 radical (unpaired) electrons. The van der Waals surface area contributed by atoms with Gasteiger partial charge in [0.1, 0.15) is 0 Å². The van der Waals surface area contributed by atoms with E-state index in [1.165, 1.54) is 6.42 Å². The molecule has 0 aromatic heterocycles. The molecular weight excluding hydrogens is 150 g/mol. The highest BCUT2D eigenvalue weighted by Crippen LogP contribution is 2.38. The van der Waals surface area contributed by atoms with Gasteiger partial charge in [0.25, 0.3) is 0 Å². The molecule has 0 saturated heterocycles. The summed E-state index contributed by atoms with van der Waals surface area (Å²) < 4.78 is 5.44. The summed E-state index contributed by atoms with van der Waals surface area (Å²) in [5.74, 6) is 2.58. The highest BCUT2D eigenvalue weighted by atomic mass is 16.5. The van der Waals surface area contributed by atoms with Gasteiger partial charge in [-0.05, 0) is 25.7 Å². The molecule has 0 heterocycles. The quantitative estimate of drug-likeness (QED) is 0.640. The summed E-state index contributed by atoms with van der Waals surface area (Å²) in [6, 6.07) is 0.107. The molecule has 0 bridgehead atoms. The Morgan fingerprint density at radius 1 is 1.67 bits per heavy atom. The summed E-state index contributed by atoms with van der Waals surface area (Å²) in [4.78, 5) is 0. The van der Waals surface area contributed by atoms with E-state index in [-0.39, 0.29) is 11.6 Å². The van der Waals surface area contributed by atoms with Crippen LogP contribution in [0.4, 0.5) is 0 Å². The molecule has 0 aromatic rings. The van der Waals surface area contributed by atoms with E-state index in [0.717, 1.165) is 19.3 Å². The molecule has 0 spiro atoms. The van der Waals surface area contributed by atoms with E-state index in [2.05, 4.69) is 5.92 Å². The molecule has 1 rings (SSSR count). The molecule has 1 fully saturated rings. The van der Waals surface area contributed by atoms with Gasteiger partial charge in [-0.15, -0.1) is 12.3 Å². The third-order valence-corrected chi connectivity index (χ3v) is 2.71. The van der Waals surface area contributed by atoms with Crippen LogP contribution >= 0.6 is 0 Å². The second-order valence-electron chi connectivity index (χ2n) is 3.61. The van der Waals surface area contributed by atoms with Gasteiger partial charge in [0.05, 0.1) is 5.60 Å². The first-order valence-corrected chi connectivity index (χ1v) is 4.47.